The molecule has 65 heavy (non-hydrogen) atoms. The van der Waals surface area contributed by atoms with Gasteiger partial charge in [-0.15, -0.1) is 0 Å². The van der Waals surface area contributed by atoms with Crippen LogP contribution in [0.5, 0.6) is 0 Å². The van der Waals surface area contributed by atoms with E-state index in [-0.39, 0.29) is 0 Å². The van der Waals surface area contributed by atoms with Crippen LogP contribution in [0.3, 0.4) is 0 Å². The highest BCUT2D eigenvalue weighted by Crippen LogP contribution is 2.45. The van der Waals surface area contributed by atoms with Gasteiger partial charge in [-0.3, -0.25) is 0 Å². The van der Waals surface area contributed by atoms with Gasteiger partial charge in [-0.2, -0.15) is 0 Å². The Labute approximate surface area is 379 Å². The summed E-state index contributed by atoms with van der Waals surface area (Å²) in [6.45, 7) is 0. The summed E-state index contributed by atoms with van der Waals surface area (Å²) < 4.78 is 0. The molecule has 12 aromatic rings. The van der Waals surface area contributed by atoms with Crippen LogP contribution in [0.4, 0.5) is 17.1 Å². The van der Waals surface area contributed by atoms with Gasteiger partial charge in [0.2, 0.25) is 0 Å². The highest BCUT2D eigenvalue weighted by Gasteiger charge is 2.19. The van der Waals surface area contributed by atoms with Crippen molar-refractivity contribution < 1.29 is 0 Å². The molecular formula is C63H42N2. The smallest absolute Gasteiger partial charge is 0.0794 e. The van der Waals surface area contributed by atoms with Crippen LogP contribution in [0.2, 0.25) is 0 Å². The standard InChI is InChI=1S/C63H42N2/c1-4-18-46(19-5-1)60-42-59(45-37-39-52(40-38-45)65(50-21-6-2-7-22-50)51-23-8-3-9-24-51)58-30-16-29-53(63(58)64-60)44-32-34-47(35-33-44)61-54-25-12-14-27-56(54)62(57-28-15-13-26-55(57)61)49-36-31-43-17-10-11-20-48(43)41-49/h1-42H. The van der Waals surface area contributed by atoms with Gasteiger partial charge in [0.15, 0.2) is 0 Å². The van der Waals surface area contributed by atoms with E-state index in [2.05, 4.69) is 260 Å². The van der Waals surface area contributed by atoms with Crippen LogP contribution < -0.4 is 4.90 Å². The summed E-state index contributed by atoms with van der Waals surface area (Å²) >= 11 is 0. The van der Waals surface area contributed by atoms with Crippen molar-refractivity contribution in [2.24, 2.45) is 0 Å². The second kappa shape index (κ2) is 16.3. The van der Waals surface area contributed by atoms with Crippen LogP contribution in [-0.4, -0.2) is 4.98 Å². The first-order chi connectivity index (χ1) is 32.2. The van der Waals surface area contributed by atoms with E-state index in [1.165, 1.54) is 54.6 Å². The molecule has 1 aromatic heterocycles. The fourth-order valence-corrected chi connectivity index (χ4v) is 9.78. The number of para-hydroxylation sites is 3. The van der Waals surface area contributed by atoms with Crippen LogP contribution in [0.25, 0.3) is 99.0 Å². The topological polar surface area (TPSA) is 16.1 Å². The molecule has 0 fully saturated rings. The van der Waals surface area contributed by atoms with Crippen molar-refractivity contribution in [1.82, 2.24) is 4.98 Å². The van der Waals surface area contributed by atoms with Crippen LogP contribution in [0, 0.1) is 0 Å². The van der Waals surface area contributed by atoms with E-state index in [1.807, 2.05) is 0 Å². The minimum absolute atomic E-state index is 0.945. The highest BCUT2D eigenvalue weighted by atomic mass is 15.1. The molecule has 2 nitrogen and oxygen atoms in total. The zero-order chi connectivity index (χ0) is 43.1. The molecule has 0 saturated heterocycles. The zero-order valence-electron chi connectivity index (χ0n) is 35.6. The van der Waals surface area contributed by atoms with Gasteiger partial charge in [-0.1, -0.05) is 206 Å². The molecule has 11 aromatic carbocycles. The first kappa shape index (κ1) is 38.1. The number of benzene rings is 11. The lowest BCUT2D eigenvalue weighted by Gasteiger charge is -2.25. The quantitative estimate of drug-likeness (QED) is 0.142. The van der Waals surface area contributed by atoms with Gasteiger partial charge in [0.1, 0.15) is 0 Å². The Morgan fingerprint density at radius 3 is 1.32 bits per heavy atom. The Morgan fingerprint density at radius 2 is 0.708 bits per heavy atom. The average Bonchev–Trinajstić information content (AvgIpc) is 3.38. The summed E-state index contributed by atoms with van der Waals surface area (Å²) in [4.78, 5) is 7.75. The molecule has 0 aliphatic heterocycles. The minimum Gasteiger partial charge on any atom is -0.311 e. The number of nitrogens with zero attached hydrogens (tertiary/aromatic N) is 2. The zero-order valence-corrected chi connectivity index (χ0v) is 35.6. The Hall–Kier alpha value is -8.59. The highest BCUT2D eigenvalue weighted by molar-refractivity contribution is 6.22. The lowest BCUT2D eigenvalue weighted by atomic mass is 9.85. The van der Waals surface area contributed by atoms with Gasteiger partial charge in [-0.05, 0) is 120 Å². The maximum atomic E-state index is 5.44. The van der Waals surface area contributed by atoms with Gasteiger partial charge < -0.3 is 4.90 Å². The molecule has 0 atom stereocenters. The SMILES string of the molecule is c1ccc(-c2cc(-c3ccc(N(c4ccccc4)c4ccccc4)cc3)c3cccc(-c4ccc(-c5c6ccccc6c(-c6ccc7ccccc7c6)c6ccccc56)cc4)c3n2)cc1. The van der Waals surface area contributed by atoms with E-state index in [0.29, 0.717) is 0 Å². The fourth-order valence-electron chi connectivity index (χ4n) is 9.78. The summed E-state index contributed by atoms with van der Waals surface area (Å²) in [5, 5.41) is 8.60. The molecule has 0 amide bonds. The summed E-state index contributed by atoms with van der Waals surface area (Å²) in [6, 6.07) is 91.9. The van der Waals surface area contributed by atoms with Crippen LogP contribution in [-0.2, 0) is 0 Å². The van der Waals surface area contributed by atoms with E-state index in [9.17, 15) is 0 Å². The molecule has 12 rings (SSSR count). The monoisotopic (exact) mass is 826 g/mol. The Kier molecular flexibility index (Phi) is 9.54. The number of hydrogen-bond acceptors (Lipinski definition) is 2. The number of rotatable bonds is 8. The van der Waals surface area contributed by atoms with Crippen molar-refractivity contribution in [2.75, 3.05) is 4.90 Å². The molecular weight excluding hydrogens is 785 g/mol. The van der Waals surface area contributed by atoms with E-state index < -0.39 is 0 Å². The molecule has 0 radical (unpaired) electrons. The van der Waals surface area contributed by atoms with Crippen molar-refractivity contribution in [3.05, 3.63) is 255 Å². The van der Waals surface area contributed by atoms with Crippen LogP contribution >= 0.6 is 0 Å². The molecule has 0 aliphatic rings. The Morgan fingerprint density at radius 1 is 0.262 bits per heavy atom. The number of anilines is 3. The van der Waals surface area contributed by atoms with E-state index in [1.54, 1.807) is 0 Å². The average molecular weight is 827 g/mol. The number of aromatic nitrogens is 1. The summed E-state index contributed by atoms with van der Waals surface area (Å²) in [7, 11) is 0. The Balaban J connectivity index is 0.979. The normalized spacial score (nSPS) is 11.4. The van der Waals surface area contributed by atoms with E-state index in [4.69, 9.17) is 4.98 Å². The second-order valence-electron chi connectivity index (χ2n) is 16.7. The second-order valence-corrected chi connectivity index (χ2v) is 16.7. The van der Waals surface area contributed by atoms with Gasteiger partial charge in [0, 0.05) is 33.6 Å². The molecule has 0 spiro atoms. The van der Waals surface area contributed by atoms with Gasteiger partial charge >= 0.3 is 0 Å². The maximum absolute atomic E-state index is 5.44. The maximum Gasteiger partial charge on any atom is 0.0794 e. The molecule has 0 saturated carbocycles. The number of pyridine rings is 1. The molecule has 304 valence electrons. The van der Waals surface area contributed by atoms with Crippen molar-refractivity contribution in [3.63, 3.8) is 0 Å². The van der Waals surface area contributed by atoms with Crippen molar-refractivity contribution in [3.8, 4) is 55.8 Å². The van der Waals surface area contributed by atoms with Gasteiger partial charge in [-0.25, -0.2) is 4.98 Å². The third-order valence-electron chi connectivity index (χ3n) is 12.8. The van der Waals surface area contributed by atoms with E-state index in [0.717, 1.165) is 61.5 Å². The van der Waals surface area contributed by atoms with Crippen LogP contribution in [0.15, 0.2) is 255 Å². The van der Waals surface area contributed by atoms with Gasteiger partial charge in [0.25, 0.3) is 0 Å². The summed E-state index contributed by atoms with van der Waals surface area (Å²) in [5.74, 6) is 0. The Bertz CT molecular complexity index is 3580. The largest absolute Gasteiger partial charge is 0.311 e. The number of fused-ring (bicyclic) bond motifs is 4. The first-order valence-electron chi connectivity index (χ1n) is 22.3. The molecule has 0 aliphatic carbocycles. The van der Waals surface area contributed by atoms with Gasteiger partial charge in [0.05, 0.1) is 11.2 Å². The molecule has 2 heteroatoms. The molecule has 0 bridgehead atoms. The summed E-state index contributed by atoms with van der Waals surface area (Å²) in [5.41, 5.74) is 15.8. The van der Waals surface area contributed by atoms with Crippen LogP contribution in [0.1, 0.15) is 0 Å². The minimum atomic E-state index is 0.945. The predicted octanol–water partition coefficient (Wildman–Crippen LogP) is 17.5. The molecule has 0 unspecified atom stereocenters. The predicted molar refractivity (Wildman–Crippen MR) is 276 cm³/mol. The number of hydrogen-bond donors (Lipinski definition) is 0. The lowest BCUT2D eigenvalue weighted by Crippen LogP contribution is -2.09. The van der Waals surface area contributed by atoms with Crippen molar-refractivity contribution in [2.45, 2.75) is 0 Å². The van der Waals surface area contributed by atoms with Crippen molar-refractivity contribution >= 4 is 60.3 Å². The third kappa shape index (κ3) is 6.89. The van der Waals surface area contributed by atoms with E-state index >= 15 is 0 Å². The fraction of sp³-hybridized carbons (Fsp3) is 0. The van der Waals surface area contributed by atoms with Crippen molar-refractivity contribution in [1.29, 1.82) is 0 Å². The summed E-state index contributed by atoms with van der Waals surface area (Å²) in [6.07, 6.45) is 0. The molecule has 1 heterocycles. The lowest BCUT2D eigenvalue weighted by molar-refractivity contribution is 1.28. The third-order valence-corrected chi connectivity index (χ3v) is 12.8. The molecule has 0 N–H and O–H groups in total. The first-order valence-corrected chi connectivity index (χ1v) is 22.3.